The SMILES string of the molecule is CC(C)(C)[C@@H]1CCc2c(sc(N=Cc3cccn3Cc3ccccc3[N+](=O)[O-])c2C#N)C1. The second-order valence-electron chi connectivity index (χ2n) is 9.31. The molecule has 0 N–H and O–H groups in total. The van der Waals surface area contributed by atoms with Crippen molar-refractivity contribution in [2.45, 2.75) is 46.6 Å². The first kappa shape index (κ1) is 22.0. The van der Waals surface area contributed by atoms with E-state index in [1.165, 1.54) is 16.5 Å². The first-order chi connectivity index (χ1) is 15.3. The summed E-state index contributed by atoms with van der Waals surface area (Å²) in [5.74, 6) is 0.607. The number of nitro benzene ring substituents is 1. The molecule has 1 aliphatic rings. The van der Waals surface area contributed by atoms with Gasteiger partial charge in [0.25, 0.3) is 5.69 Å². The van der Waals surface area contributed by atoms with Crippen LogP contribution in [-0.2, 0) is 19.4 Å². The Hall–Kier alpha value is -3.24. The first-order valence-corrected chi connectivity index (χ1v) is 11.6. The molecule has 0 bridgehead atoms. The standard InChI is InChI=1S/C25H26N4O2S/c1-25(2,3)18-10-11-20-21(14-26)24(32-23(20)13-18)27-15-19-8-6-12-28(19)16-17-7-4-5-9-22(17)29(30)31/h4-9,12,15,18H,10-11,13,16H2,1-3H3/t18-/m1/s1. The first-order valence-electron chi connectivity index (χ1n) is 10.7. The Morgan fingerprint density at radius 3 is 2.81 bits per heavy atom. The third-order valence-corrected chi connectivity index (χ3v) is 7.45. The summed E-state index contributed by atoms with van der Waals surface area (Å²) in [4.78, 5) is 17.0. The molecule has 7 heteroatoms. The summed E-state index contributed by atoms with van der Waals surface area (Å²) in [5.41, 5.74) is 3.70. The van der Waals surface area contributed by atoms with Crippen molar-refractivity contribution < 1.29 is 4.92 Å². The lowest BCUT2D eigenvalue weighted by Crippen LogP contribution is -2.26. The fraction of sp³-hybridized carbons (Fsp3) is 0.360. The van der Waals surface area contributed by atoms with E-state index in [0.717, 1.165) is 30.0 Å². The number of para-hydroxylation sites is 1. The van der Waals surface area contributed by atoms with Crippen LogP contribution in [0.15, 0.2) is 47.6 Å². The molecular weight excluding hydrogens is 420 g/mol. The summed E-state index contributed by atoms with van der Waals surface area (Å²) >= 11 is 1.63. The molecule has 0 amide bonds. The van der Waals surface area contributed by atoms with Crippen LogP contribution in [0.1, 0.15) is 54.5 Å². The largest absolute Gasteiger partial charge is 0.342 e. The summed E-state index contributed by atoms with van der Waals surface area (Å²) in [7, 11) is 0. The Morgan fingerprint density at radius 2 is 2.09 bits per heavy atom. The topological polar surface area (TPSA) is 84.2 Å². The highest BCUT2D eigenvalue weighted by Gasteiger charge is 2.32. The fourth-order valence-electron chi connectivity index (χ4n) is 4.34. The quantitative estimate of drug-likeness (QED) is 0.263. The van der Waals surface area contributed by atoms with E-state index in [2.05, 4.69) is 31.8 Å². The molecule has 0 saturated carbocycles. The van der Waals surface area contributed by atoms with Gasteiger partial charge < -0.3 is 4.57 Å². The van der Waals surface area contributed by atoms with Crippen LogP contribution in [0.2, 0.25) is 0 Å². The Bertz CT molecular complexity index is 1220. The molecule has 0 unspecified atom stereocenters. The minimum atomic E-state index is -0.354. The summed E-state index contributed by atoms with van der Waals surface area (Å²) < 4.78 is 1.93. The summed E-state index contributed by atoms with van der Waals surface area (Å²) in [6.45, 7) is 7.23. The molecule has 1 aromatic carbocycles. The van der Waals surface area contributed by atoms with Gasteiger partial charge >= 0.3 is 0 Å². The third-order valence-electron chi connectivity index (χ3n) is 6.29. The van der Waals surface area contributed by atoms with Crippen LogP contribution in [0, 0.1) is 32.8 Å². The van der Waals surface area contributed by atoms with Gasteiger partial charge in [0, 0.05) is 22.7 Å². The van der Waals surface area contributed by atoms with Gasteiger partial charge in [0.1, 0.15) is 11.1 Å². The number of benzene rings is 1. The number of aromatic nitrogens is 1. The Labute approximate surface area is 192 Å². The van der Waals surface area contributed by atoms with Crippen LogP contribution in [0.25, 0.3) is 0 Å². The van der Waals surface area contributed by atoms with Crippen molar-refractivity contribution in [3.05, 3.63) is 80.0 Å². The Morgan fingerprint density at radius 1 is 1.31 bits per heavy atom. The molecule has 1 aliphatic carbocycles. The maximum Gasteiger partial charge on any atom is 0.274 e. The van der Waals surface area contributed by atoms with Crippen LogP contribution in [0.5, 0.6) is 0 Å². The van der Waals surface area contributed by atoms with Gasteiger partial charge in [-0.15, -0.1) is 11.3 Å². The molecule has 32 heavy (non-hydrogen) atoms. The molecule has 0 aliphatic heterocycles. The molecule has 2 aromatic heterocycles. The molecule has 0 saturated heterocycles. The minimum Gasteiger partial charge on any atom is -0.342 e. The van der Waals surface area contributed by atoms with E-state index in [4.69, 9.17) is 0 Å². The van der Waals surface area contributed by atoms with Crippen LogP contribution in [-0.4, -0.2) is 15.7 Å². The zero-order valence-electron chi connectivity index (χ0n) is 18.5. The lowest BCUT2D eigenvalue weighted by atomic mass is 9.72. The number of fused-ring (bicyclic) bond motifs is 1. The molecular formula is C25H26N4O2S. The highest BCUT2D eigenvalue weighted by molar-refractivity contribution is 7.16. The number of hydrogen-bond donors (Lipinski definition) is 0. The van der Waals surface area contributed by atoms with Gasteiger partial charge in [-0.25, -0.2) is 4.99 Å². The maximum atomic E-state index is 11.3. The van der Waals surface area contributed by atoms with E-state index in [9.17, 15) is 15.4 Å². The Balaban J connectivity index is 1.60. The van der Waals surface area contributed by atoms with E-state index in [-0.39, 0.29) is 16.0 Å². The number of aliphatic imine (C=N–C) groups is 1. The van der Waals surface area contributed by atoms with E-state index in [1.54, 1.807) is 35.8 Å². The van der Waals surface area contributed by atoms with Crippen LogP contribution in [0.3, 0.4) is 0 Å². The molecule has 3 aromatic rings. The second kappa shape index (κ2) is 8.71. The summed E-state index contributed by atoms with van der Waals surface area (Å²) in [6, 6.07) is 13.0. The summed E-state index contributed by atoms with van der Waals surface area (Å²) in [5, 5.41) is 21.9. The van der Waals surface area contributed by atoms with Crippen LogP contribution >= 0.6 is 11.3 Å². The third kappa shape index (κ3) is 4.37. The molecule has 6 nitrogen and oxygen atoms in total. The van der Waals surface area contributed by atoms with Gasteiger partial charge in [-0.2, -0.15) is 5.26 Å². The molecule has 0 radical (unpaired) electrons. The average molecular weight is 447 g/mol. The predicted octanol–water partition coefficient (Wildman–Crippen LogP) is 6.28. The fourth-order valence-corrected chi connectivity index (χ4v) is 5.56. The smallest absolute Gasteiger partial charge is 0.274 e. The Kier molecular flexibility index (Phi) is 5.98. The van der Waals surface area contributed by atoms with Crippen molar-refractivity contribution in [1.29, 1.82) is 5.26 Å². The molecule has 0 fully saturated rings. The van der Waals surface area contributed by atoms with E-state index in [1.807, 2.05) is 22.9 Å². The lowest BCUT2D eigenvalue weighted by Gasteiger charge is -2.33. The van der Waals surface area contributed by atoms with Gasteiger partial charge in [-0.1, -0.05) is 39.0 Å². The number of thiophene rings is 1. The minimum absolute atomic E-state index is 0.107. The van der Waals surface area contributed by atoms with Crippen molar-refractivity contribution in [2.24, 2.45) is 16.3 Å². The van der Waals surface area contributed by atoms with Gasteiger partial charge in [0.2, 0.25) is 0 Å². The van der Waals surface area contributed by atoms with Gasteiger partial charge in [-0.05, 0) is 48.3 Å². The normalized spacial score (nSPS) is 16.1. The van der Waals surface area contributed by atoms with Crippen molar-refractivity contribution in [1.82, 2.24) is 4.57 Å². The number of nitrogens with zero attached hydrogens (tertiary/aromatic N) is 4. The van der Waals surface area contributed by atoms with Crippen molar-refractivity contribution in [3.63, 3.8) is 0 Å². The van der Waals surface area contributed by atoms with Crippen molar-refractivity contribution in [3.8, 4) is 6.07 Å². The molecule has 0 spiro atoms. The van der Waals surface area contributed by atoms with Crippen LogP contribution in [0.4, 0.5) is 10.7 Å². The average Bonchev–Trinajstić information content (AvgIpc) is 3.34. The van der Waals surface area contributed by atoms with E-state index < -0.39 is 0 Å². The second-order valence-corrected chi connectivity index (χ2v) is 10.4. The zero-order valence-corrected chi connectivity index (χ0v) is 19.4. The zero-order chi connectivity index (χ0) is 22.9. The molecule has 4 rings (SSSR count). The number of hydrogen-bond acceptors (Lipinski definition) is 5. The van der Waals surface area contributed by atoms with Gasteiger partial charge in [-0.3, -0.25) is 10.1 Å². The van der Waals surface area contributed by atoms with E-state index in [0.29, 0.717) is 23.6 Å². The lowest BCUT2D eigenvalue weighted by molar-refractivity contribution is -0.385. The summed E-state index contributed by atoms with van der Waals surface area (Å²) in [6.07, 6.45) is 6.68. The van der Waals surface area contributed by atoms with Gasteiger partial charge in [0.15, 0.2) is 0 Å². The molecule has 164 valence electrons. The van der Waals surface area contributed by atoms with Crippen LogP contribution < -0.4 is 0 Å². The number of nitriles is 1. The highest BCUT2D eigenvalue weighted by atomic mass is 32.1. The van der Waals surface area contributed by atoms with Gasteiger partial charge in [0.05, 0.1) is 28.9 Å². The monoisotopic (exact) mass is 446 g/mol. The number of nitro groups is 1. The molecule has 2 heterocycles. The highest BCUT2D eigenvalue weighted by Crippen LogP contribution is 2.44. The number of rotatable bonds is 5. The maximum absolute atomic E-state index is 11.3. The predicted molar refractivity (Wildman–Crippen MR) is 128 cm³/mol. The van der Waals surface area contributed by atoms with E-state index >= 15 is 0 Å². The van der Waals surface area contributed by atoms with Crippen molar-refractivity contribution in [2.75, 3.05) is 0 Å². The van der Waals surface area contributed by atoms with Crippen molar-refractivity contribution >= 4 is 28.2 Å². The molecule has 1 atom stereocenters.